The molecule has 1 aliphatic rings. The Hall–Kier alpha value is -3.26. The number of aromatic nitrogens is 3. The summed E-state index contributed by atoms with van der Waals surface area (Å²) in [6.45, 7) is 7.22. The summed E-state index contributed by atoms with van der Waals surface area (Å²) in [5, 5.41) is 4.07. The largest absolute Gasteiger partial charge is 0.484 e. The zero-order chi connectivity index (χ0) is 20.9. The van der Waals surface area contributed by atoms with Gasteiger partial charge in [0.2, 0.25) is 5.95 Å². The predicted molar refractivity (Wildman–Crippen MR) is 115 cm³/mol. The molecule has 1 N–H and O–H groups in total. The molecule has 1 amide bonds. The number of carbonyl (C=O) groups excluding carboxylic acids is 1. The van der Waals surface area contributed by atoms with Crippen LogP contribution in [0.4, 0.5) is 5.95 Å². The molecule has 0 spiro atoms. The Bertz CT molecular complexity index is 1030. The van der Waals surface area contributed by atoms with Gasteiger partial charge in [-0.2, -0.15) is 0 Å². The Balaban J connectivity index is 1.50. The molecular weight excluding hydrogens is 382 g/mol. The number of aryl methyl sites for hydroxylation is 1. The second-order valence-corrected chi connectivity index (χ2v) is 7.11. The number of anilines is 1. The van der Waals surface area contributed by atoms with E-state index in [2.05, 4.69) is 15.3 Å². The summed E-state index contributed by atoms with van der Waals surface area (Å²) in [5.74, 6) is 1.23. The first-order chi connectivity index (χ1) is 14.6. The highest BCUT2D eigenvalue weighted by Crippen LogP contribution is 2.27. The number of hydrogen-bond acceptors (Lipinski definition) is 7. The smallest absolute Gasteiger partial charge is 0.260 e. The number of carbonyl (C=O) groups is 1. The van der Waals surface area contributed by atoms with E-state index >= 15 is 0 Å². The third kappa shape index (κ3) is 4.49. The fourth-order valence-electron chi connectivity index (χ4n) is 3.37. The number of ether oxygens (including phenoxy) is 2. The van der Waals surface area contributed by atoms with Crippen LogP contribution in [0.2, 0.25) is 0 Å². The van der Waals surface area contributed by atoms with Crippen LogP contribution >= 0.6 is 0 Å². The molecule has 0 bridgehead atoms. The summed E-state index contributed by atoms with van der Waals surface area (Å²) in [7, 11) is 0. The lowest BCUT2D eigenvalue weighted by Crippen LogP contribution is -2.42. The molecule has 0 unspecified atom stereocenters. The average molecular weight is 407 g/mol. The zero-order valence-electron chi connectivity index (χ0n) is 17.2. The Morgan fingerprint density at radius 2 is 1.97 bits per heavy atom. The quantitative estimate of drug-likeness (QED) is 0.672. The number of amides is 1. The van der Waals surface area contributed by atoms with Gasteiger partial charge in [0, 0.05) is 43.0 Å². The normalized spacial score (nSPS) is 14.0. The number of hydrogen-bond donors (Lipinski definition) is 1. The van der Waals surface area contributed by atoms with Gasteiger partial charge >= 0.3 is 0 Å². The van der Waals surface area contributed by atoms with Crippen molar-refractivity contribution in [2.45, 2.75) is 13.8 Å². The van der Waals surface area contributed by atoms with Gasteiger partial charge in [-0.05, 0) is 43.7 Å². The third-order valence-electron chi connectivity index (χ3n) is 5.00. The molecule has 3 heterocycles. The van der Waals surface area contributed by atoms with Crippen LogP contribution in [-0.2, 0) is 9.53 Å². The standard InChI is InChI=1S/C22H25N5O3/c1-3-23-22-24-12-16(13-25-22)20-10-15(2)18-11-17(4-5-19(18)26-20)30-14-21(28)27-6-8-29-9-7-27/h4-5,10-13H,3,6-9,14H2,1-2H3,(H,23,24,25). The lowest BCUT2D eigenvalue weighted by molar-refractivity contribution is -0.137. The first kappa shape index (κ1) is 20.0. The number of pyridine rings is 1. The van der Waals surface area contributed by atoms with Gasteiger partial charge in [0.15, 0.2) is 6.61 Å². The van der Waals surface area contributed by atoms with Crippen molar-refractivity contribution in [3.05, 3.63) is 42.2 Å². The van der Waals surface area contributed by atoms with Crippen molar-refractivity contribution in [1.82, 2.24) is 19.9 Å². The van der Waals surface area contributed by atoms with Gasteiger partial charge in [-0.25, -0.2) is 15.0 Å². The van der Waals surface area contributed by atoms with E-state index < -0.39 is 0 Å². The van der Waals surface area contributed by atoms with Crippen molar-refractivity contribution < 1.29 is 14.3 Å². The van der Waals surface area contributed by atoms with E-state index in [9.17, 15) is 4.79 Å². The maximum Gasteiger partial charge on any atom is 0.260 e. The summed E-state index contributed by atoms with van der Waals surface area (Å²) in [6.07, 6.45) is 3.54. The van der Waals surface area contributed by atoms with Crippen LogP contribution in [-0.4, -0.2) is 65.2 Å². The highest BCUT2D eigenvalue weighted by atomic mass is 16.5. The molecule has 8 nitrogen and oxygen atoms in total. The SMILES string of the molecule is CCNc1ncc(-c2cc(C)c3cc(OCC(=O)N4CCOCC4)ccc3n2)cn1. The average Bonchev–Trinajstić information content (AvgIpc) is 2.79. The summed E-state index contributed by atoms with van der Waals surface area (Å²) >= 11 is 0. The van der Waals surface area contributed by atoms with E-state index in [1.807, 2.05) is 38.1 Å². The monoisotopic (exact) mass is 407 g/mol. The van der Waals surface area contributed by atoms with Gasteiger partial charge in [0.25, 0.3) is 5.91 Å². The van der Waals surface area contributed by atoms with E-state index in [4.69, 9.17) is 14.5 Å². The van der Waals surface area contributed by atoms with Crippen LogP contribution in [0.15, 0.2) is 36.7 Å². The first-order valence-corrected chi connectivity index (χ1v) is 10.1. The molecule has 8 heteroatoms. The van der Waals surface area contributed by atoms with E-state index in [0.29, 0.717) is 38.0 Å². The lowest BCUT2D eigenvalue weighted by atomic mass is 10.1. The molecule has 0 radical (unpaired) electrons. The third-order valence-corrected chi connectivity index (χ3v) is 5.00. The van der Waals surface area contributed by atoms with Crippen molar-refractivity contribution in [2.75, 3.05) is 44.8 Å². The maximum absolute atomic E-state index is 12.3. The van der Waals surface area contributed by atoms with Gasteiger partial charge in [0.1, 0.15) is 5.75 Å². The number of nitrogens with zero attached hydrogens (tertiary/aromatic N) is 4. The number of morpholine rings is 1. The molecule has 1 saturated heterocycles. The first-order valence-electron chi connectivity index (χ1n) is 10.1. The predicted octanol–water partition coefficient (Wildman–Crippen LogP) is 2.67. The van der Waals surface area contributed by atoms with Crippen molar-refractivity contribution in [3.8, 4) is 17.0 Å². The molecular formula is C22H25N5O3. The molecule has 30 heavy (non-hydrogen) atoms. The molecule has 1 aliphatic heterocycles. The van der Waals surface area contributed by atoms with Crippen molar-refractivity contribution in [3.63, 3.8) is 0 Å². The topological polar surface area (TPSA) is 89.5 Å². The van der Waals surface area contributed by atoms with Crippen molar-refractivity contribution in [1.29, 1.82) is 0 Å². The van der Waals surface area contributed by atoms with Gasteiger partial charge < -0.3 is 19.7 Å². The zero-order valence-corrected chi connectivity index (χ0v) is 17.2. The van der Waals surface area contributed by atoms with E-state index in [0.717, 1.165) is 34.3 Å². The fraction of sp³-hybridized carbons (Fsp3) is 0.364. The highest BCUT2D eigenvalue weighted by molar-refractivity contribution is 5.86. The lowest BCUT2D eigenvalue weighted by Gasteiger charge is -2.26. The van der Waals surface area contributed by atoms with Crippen LogP contribution in [0.5, 0.6) is 5.75 Å². The molecule has 3 aromatic rings. The molecule has 4 rings (SSSR count). The molecule has 0 aliphatic carbocycles. The molecule has 1 aromatic carbocycles. The van der Waals surface area contributed by atoms with E-state index in [1.165, 1.54) is 0 Å². The molecule has 156 valence electrons. The molecule has 2 aromatic heterocycles. The Labute approximate surface area is 175 Å². The van der Waals surface area contributed by atoms with Gasteiger partial charge in [-0.1, -0.05) is 0 Å². The second-order valence-electron chi connectivity index (χ2n) is 7.11. The molecule has 1 fully saturated rings. The van der Waals surface area contributed by atoms with Crippen molar-refractivity contribution >= 4 is 22.8 Å². The fourth-order valence-corrected chi connectivity index (χ4v) is 3.37. The summed E-state index contributed by atoms with van der Waals surface area (Å²) in [4.78, 5) is 27.4. The van der Waals surface area contributed by atoms with Gasteiger partial charge in [-0.15, -0.1) is 0 Å². The van der Waals surface area contributed by atoms with Gasteiger partial charge in [-0.3, -0.25) is 4.79 Å². The number of benzene rings is 1. The minimum Gasteiger partial charge on any atom is -0.484 e. The molecule has 0 atom stereocenters. The van der Waals surface area contributed by atoms with Crippen LogP contribution in [0.25, 0.3) is 22.2 Å². The number of rotatable bonds is 6. The minimum absolute atomic E-state index is 0.0194. The van der Waals surface area contributed by atoms with Gasteiger partial charge in [0.05, 0.1) is 24.4 Å². The van der Waals surface area contributed by atoms with Crippen LogP contribution in [0.1, 0.15) is 12.5 Å². The minimum atomic E-state index is -0.0235. The molecule has 0 saturated carbocycles. The highest BCUT2D eigenvalue weighted by Gasteiger charge is 2.17. The maximum atomic E-state index is 12.3. The summed E-state index contributed by atoms with van der Waals surface area (Å²) < 4.78 is 11.0. The Morgan fingerprint density at radius 3 is 2.70 bits per heavy atom. The number of nitrogens with one attached hydrogen (secondary N) is 1. The Kier molecular flexibility index (Phi) is 6.04. The van der Waals surface area contributed by atoms with Crippen molar-refractivity contribution in [2.24, 2.45) is 0 Å². The van der Waals surface area contributed by atoms with Crippen LogP contribution in [0.3, 0.4) is 0 Å². The van der Waals surface area contributed by atoms with E-state index in [1.54, 1.807) is 17.3 Å². The Morgan fingerprint density at radius 1 is 1.20 bits per heavy atom. The summed E-state index contributed by atoms with van der Waals surface area (Å²) in [6, 6.07) is 7.69. The van der Waals surface area contributed by atoms with Crippen LogP contribution in [0, 0.1) is 6.92 Å². The van der Waals surface area contributed by atoms with E-state index in [-0.39, 0.29) is 12.5 Å². The van der Waals surface area contributed by atoms with Crippen LogP contribution < -0.4 is 10.1 Å². The second kappa shape index (κ2) is 9.04. The number of fused-ring (bicyclic) bond motifs is 1. The summed E-state index contributed by atoms with van der Waals surface area (Å²) in [5.41, 5.74) is 3.60.